The summed E-state index contributed by atoms with van der Waals surface area (Å²) in [6.07, 6.45) is 3.47. The van der Waals surface area contributed by atoms with Gasteiger partial charge in [-0.1, -0.05) is 29.4 Å². The number of amides is 1. The Kier molecular flexibility index (Phi) is 5.20. The molecule has 9 heteroatoms. The Balaban J connectivity index is 1.74. The largest absolute Gasteiger partial charge is 0.392 e. The molecule has 1 amide bonds. The number of primary amides is 1. The molecule has 0 fully saturated rings. The van der Waals surface area contributed by atoms with Gasteiger partial charge < -0.3 is 10.6 Å². The summed E-state index contributed by atoms with van der Waals surface area (Å²) in [5, 5.41) is 4.02. The van der Waals surface area contributed by atoms with Gasteiger partial charge in [-0.2, -0.15) is 0 Å². The van der Waals surface area contributed by atoms with Crippen molar-refractivity contribution in [3.63, 3.8) is 0 Å². The molecule has 0 saturated heterocycles. The number of halogens is 1. The number of carbonyl (C=O) groups excluding carboxylic acids is 1. The van der Waals surface area contributed by atoms with Gasteiger partial charge in [0, 0.05) is 37.1 Å². The molecule has 1 aromatic carbocycles. The number of benzene rings is 1. The van der Waals surface area contributed by atoms with Crippen molar-refractivity contribution in [2.45, 2.75) is 30.6 Å². The lowest BCUT2D eigenvalue weighted by Gasteiger charge is -2.25. The van der Waals surface area contributed by atoms with E-state index in [9.17, 15) is 17.6 Å². The van der Waals surface area contributed by atoms with Crippen LogP contribution in [-0.2, 0) is 19.5 Å². The molecule has 148 valence electrons. The number of pyridine rings is 1. The highest BCUT2D eigenvalue weighted by atomic mass is 32.2. The number of nitrogens with zero attached hydrogens (tertiary/aromatic N) is 2. The molecule has 3 rings (SSSR count). The fraction of sp³-hybridized carbons (Fsp3) is 0.316. The predicted molar refractivity (Wildman–Crippen MR) is 103 cm³/mol. The number of hydrogen-bond donors (Lipinski definition) is 1. The molecule has 2 aromatic rings. The van der Waals surface area contributed by atoms with E-state index in [1.54, 1.807) is 24.3 Å². The number of nitrogens with two attached hydrogens (primary N) is 1. The first kappa shape index (κ1) is 19.9. The van der Waals surface area contributed by atoms with Crippen molar-refractivity contribution in [2.75, 3.05) is 6.26 Å². The molecule has 2 heterocycles. The zero-order valence-electron chi connectivity index (χ0n) is 15.4. The molecule has 2 atom stereocenters. The molecular formula is C19H20FN3O4S. The predicted octanol–water partition coefficient (Wildman–Crippen LogP) is 2.06. The van der Waals surface area contributed by atoms with Gasteiger partial charge in [0.15, 0.2) is 14.6 Å². The van der Waals surface area contributed by atoms with Crippen LogP contribution in [0.3, 0.4) is 0 Å². The monoisotopic (exact) mass is 405 g/mol. The Morgan fingerprint density at radius 3 is 2.50 bits per heavy atom. The van der Waals surface area contributed by atoms with E-state index >= 15 is 0 Å². The Bertz CT molecular complexity index is 1040. The van der Waals surface area contributed by atoms with Gasteiger partial charge in [0.1, 0.15) is 11.9 Å². The zero-order chi connectivity index (χ0) is 20.5. The molecule has 0 aliphatic carbocycles. The van der Waals surface area contributed by atoms with E-state index in [1.165, 1.54) is 25.4 Å². The van der Waals surface area contributed by atoms with Crippen molar-refractivity contribution in [1.29, 1.82) is 0 Å². The first-order valence-corrected chi connectivity index (χ1v) is 10.4. The van der Waals surface area contributed by atoms with E-state index in [-0.39, 0.29) is 12.2 Å². The molecule has 2 unspecified atom stereocenters. The smallest absolute Gasteiger partial charge is 0.238 e. The average Bonchev–Trinajstić information content (AvgIpc) is 3.09. The second-order valence-corrected chi connectivity index (χ2v) is 9.42. The van der Waals surface area contributed by atoms with Crippen molar-refractivity contribution in [1.82, 2.24) is 4.98 Å². The first-order valence-electron chi connectivity index (χ1n) is 8.54. The van der Waals surface area contributed by atoms with Crippen LogP contribution in [0.25, 0.3) is 11.1 Å². The minimum atomic E-state index is -3.72. The molecule has 0 saturated carbocycles. The van der Waals surface area contributed by atoms with Crippen molar-refractivity contribution < 1.29 is 22.4 Å². The van der Waals surface area contributed by atoms with Crippen LogP contribution in [0.4, 0.5) is 4.39 Å². The van der Waals surface area contributed by atoms with Crippen LogP contribution in [0, 0.1) is 5.82 Å². The van der Waals surface area contributed by atoms with Crippen LogP contribution in [0.1, 0.15) is 25.3 Å². The lowest BCUT2D eigenvalue weighted by molar-refractivity contribution is -0.121. The Hall–Kier alpha value is -2.81. The maximum absolute atomic E-state index is 13.9. The van der Waals surface area contributed by atoms with Crippen LogP contribution in [0.5, 0.6) is 0 Å². The molecule has 1 aliphatic rings. The Labute approximate surface area is 162 Å². The van der Waals surface area contributed by atoms with E-state index in [0.717, 1.165) is 11.8 Å². The number of rotatable bonds is 6. The first-order chi connectivity index (χ1) is 13.1. The summed E-state index contributed by atoms with van der Waals surface area (Å²) in [4.78, 5) is 21.0. The van der Waals surface area contributed by atoms with Gasteiger partial charge in [0.25, 0.3) is 0 Å². The number of oxime groups is 1. The summed E-state index contributed by atoms with van der Waals surface area (Å²) in [5.41, 5.74) is 7.75. The third-order valence-corrected chi connectivity index (χ3v) is 6.99. The topological polar surface area (TPSA) is 112 Å². The second-order valence-electron chi connectivity index (χ2n) is 6.97. The lowest BCUT2D eigenvalue weighted by atomic mass is 9.96. The molecule has 1 aliphatic heterocycles. The maximum atomic E-state index is 13.9. The highest BCUT2D eigenvalue weighted by Crippen LogP contribution is 2.29. The summed E-state index contributed by atoms with van der Waals surface area (Å²) >= 11 is 0. The third-order valence-electron chi connectivity index (χ3n) is 4.99. The van der Waals surface area contributed by atoms with E-state index in [1.807, 2.05) is 0 Å². The Morgan fingerprint density at radius 1 is 1.29 bits per heavy atom. The SMILES string of the molecule is CC(CC1CC(c2ccc(-c3cnccc3F)cc2)=NO1)(C(N)=O)S(C)(=O)=O. The summed E-state index contributed by atoms with van der Waals surface area (Å²) in [6.45, 7) is 1.29. The minimum Gasteiger partial charge on any atom is -0.392 e. The third kappa shape index (κ3) is 3.75. The molecule has 2 N–H and O–H groups in total. The van der Waals surface area contributed by atoms with Gasteiger partial charge >= 0.3 is 0 Å². The number of carbonyl (C=O) groups is 1. The molecule has 28 heavy (non-hydrogen) atoms. The van der Waals surface area contributed by atoms with Crippen LogP contribution >= 0.6 is 0 Å². The van der Waals surface area contributed by atoms with Crippen LogP contribution in [-0.4, -0.2) is 42.1 Å². The van der Waals surface area contributed by atoms with Gasteiger partial charge in [0.2, 0.25) is 5.91 Å². The highest BCUT2D eigenvalue weighted by Gasteiger charge is 2.45. The normalized spacial score (nSPS) is 18.8. The summed E-state index contributed by atoms with van der Waals surface area (Å²) in [7, 11) is -3.72. The molecule has 7 nitrogen and oxygen atoms in total. The second kappa shape index (κ2) is 7.31. The van der Waals surface area contributed by atoms with E-state index in [4.69, 9.17) is 10.6 Å². The number of sulfone groups is 1. The summed E-state index contributed by atoms with van der Waals surface area (Å²) in [6, 6.07) is 8.33. The number of aromatic nitrogens is 1. The highest BCUT2D eigenvalue weighted by molar-refractivity contribution is 7.92. The standard InChI is InChI=1S/C19H20FN3O4S/c1-19(18(21)24,28(2,25)26)10-14-9-17(23-27-14)13-5-3-12(4-6-13)15-11-22-8-7-16(15)20/h3-8,11,14H,9-10H2,1-2H3,(H2,21,24). The lowest BCUT2D eigenvalue weighted by Crippen LogP contribution is -2.49. The van der Waals surface area contributed by atoms with Gasteiger partial charge in [0.05, 0.1) is 5.71 Å². The van der Waals surface area contributed by atoms with Crippen LogP contribution < -0.4 is 5.73 Å². The molecule has 1 aromatic heterocycles. The molecule has 0 radical (unpaired) electrons. The van der Waals surface area contributed by atoms with E-state index in [0.29, 0.717) is 23.3 Å². The van der Waals surface area contributed by atoms with Gasteiger partial charge in [-0.15, -0.1) is 0 Å². The van der Waals surface area contributed by atoms with Crippen molar-refractivity contribution in [2.24, 2.45) is 10.9 Å². The van der Waals surface area contributed by atoms with Crippen LogP contribution in [0.15, 0.2) is 47.9 Å². The van der Waals surface area contributed by atoms with E-state index in [2.05, 4.69) is 10.1 Å². The van der Waals surface area contributed by atoms with Gasteiger partial charge in [-0.3, -0.25) is 9.78 Å². The van der Waals surface area contributed by atoms with Crippen molar-refractivity contribution >= 4 is 21.5 Å². The fourth-order valence-corrected chi connectivity index (χ4v) is 3.86. The maximum Gasteiger partial charge on any atom is 0.238 e. The summed E-state index contributed by atoms with van der Waals surface area (Å²) < 4.78 is 36.2. The molecular weight excluding hydrogens is 385 g/mol. The van der Waals surface area contributed by atoms with E-state index < -0.39 is 26.6 Å². The Morgan fingerprint density at radius 2 is 1.93 bits per heavy atom. The van der Waals surface area contributed by atoms with Gasteiger partial charge in [-0.05, 0) is 24.1 Å². The molecule has 0 bridgehead atoms. The van der Waals surface area contributed by atoms with Crippen molar-refractivity contribution in [3.8, 4) is 11.1 Å². The number of hydrogen-bond acceptors (Lipinski definition) is 6. The van der Waals surface area contributed by atoms with Crippen LogP contribution in [0.2, 0.25) is 0 Å². The van der Waals surface area contributed by atoms with Crippen molar-refractivity contribution in [3.05, 3.63) is 54.1 Å². The quantitative estimate of drug-likeness (QED) is 0.791. The average molecular weight is 405 g/mol. The van der Waals surface area contributed by atoms with Gasteiger partial charge in [-0.25, -0.2) is 12.8 Å². The summed E-state index contributed by atoms with van der Waals surface area (Å²) in [5.74, 6) is -1.29. The molecule has 0 spiro atoms. The minimum absolute atomic E-state index is 0.0901. The zero-order valence-corrected chi connectivity index (χ0v) is 16.2. The fourth-order valence-electron chi connectivity index (χ4n) is 3.01.